The molecule has 2 aromatic heterocycles. The number of nitrogens with zero attached hydrogens (tertiary/aromatic N) is 3. The van der Waals surface area contributed by atoms with Gasteiger partial charge in [0.1, 0.15) is 5.75 Å². The molecule has 3 N–H and O–H groups in total. The normalized spacial score (nSPS) is 10.4. The molecule has 0 radical (unpaired) electrons. The molecule has 39 heavy (non-hydrogen) atoms. The highest BCUT2D eigenvalue weighted by Gasteiger charge is 2.19. The molecular weight excluding hydrogens is 524 g/mol. The van der Waals surface area contributed by atoms with Crippen molar-refractivity contribution in [3.05, 3.63) is 82.1 Å². The van der Waals surface area contributed by atoms with Gasteiger partial charge in [-0.25, -0.2) is 19.6 Å². The van der Waals surface area contributed by atoms with E-state index in [2.05, 4.69) is 30.7 Å². The summed E-state index contributed by atoms with van der Waals surface area (Å²) in [7, 11) is 3.17. The van der Waals surface area contributed by atoms with Crippen LogP contribution in [0.3, 0.4) is 0 Å². The van der Waals surface area contributed by atoms with Crippen LogP contribution in [-0.2, 0) is 23.1 Å². The largest absolute Gasteiger partial charge is 0.496 e. The number of methoxy groups -OCH3 is 1. The van der Waals surface area contributed by atoms with Gasteiger partial charge in [-0.05, 0) is 31.2 Å². The van der Waals surface area contributed by atoms with Crippen molar-refractivity contribution >= 4 is 52.4 Å². The van der Waals surface area contributed by atoms with E-state index in [4.69, 9.17) is 4.74 Å². The van der Waals surface area contributed by atoms with Gasteiger partial charge in [-0.3, -0.25) is 14.9 Å². The number of para-hydroxylation sites is 1. The number of thiazole rings is 1. The van der Waals surface area contributed by atoms with Crippen molar-refractivity contribution in [2.45, 2.75) is 13.5 Å². The molecule has 12 nitrogen and oxygen atoms in total. The Morgan fingerprint density at radius 2 is 1.90 bits per heavy atom. The summed E-state index contributed by atoms with van der Waals surface area (Å²) in [5.74, 6) is -0.331. The molecule has 4 aromatic rings. The minimum Gasteiger partial charge on any atom is -0.496 e. The summed E-state index contributed by atoms with van der Waals surface area (Å²) in [6, 6.07) is 11.5. The van der Waals surface area contributed by atoms with E-state index in [1.807, 2.05) is 6.92 Å². The molecule has 0 bridgehead atoms. The number of anilines is 3. The number of amides is 2. The Morgan fingerprint density at radius 3 is 2.67 bits per heavy atom. The highest BCUT2D eigenvalue weighted by molar-refractivity contribution is 7.15. The Hall–Kier alpha value is -5.04. The number of ketones is 1. The Labute approximate surface area is 227 Å². The maximum absolute atomic E-state index is 13.3. The highest BCUT2D eigenvalue weighted by atomic mass is 32.1. The average Bonchev–Trinajstić information content (AvgIpc) is 3.53. The van der Waals surface area contributed by atoms with E-state index in [9.17, 15) is 19.2 Å². The molecule has 2 amide bonds. The number of esters is 1. The number of hydrogen-bond acceptors (Lipinski definition) is 10. The smallest absolute Gasteiger partial charge is 0.366 e. The summed E-state index contributed by atoms with van der Waals surface area (Å²) in [6.07, 6.45) is 3.01. The number of aromatic nitrogens is 3. The monoisotopic (exact) mass is 548 g/mol. The van der Waals surface area contributed by atoms with Crippen molar-refractivity contribution in [1.29, 1.82) is 0 Å². The maximum Gasteiger partial charge on any atom is 0.366 e. The molecule has 0 fully saturated rings. The summed E-state index contributed by atoms with van der Waals surface area (Å²) in [6.45, 7) is 2.21. The van der Waals surface area contributed by atoms with Crippen LogP contribution in [0, 0.1) is 6.92 Å². The van der Waals surface area contributed by atoms with Gasteiger partial charge in [0.25, 0.3) is 0 Å². The van der Waals surface area contributed by atoms with E-state index in [0.717, 1.165) is 10.4 Å². The summed E-state index contributed by atoms with van der Waals surface area (Å²) in [4.78, 5) is 57.2. The molecule has 4 rings (SSSR count). The molecule has 2 heterocycles. The van der Waals surface area contributed by atoms with Crippen molar-refractivity contribution in [2.75, 3.05) is 23.1 Å². The lowest BCUT2D eigenvalue weighted by Gasteiger charge is -2.13. The first-order valence-corrected chi connectivity index (χ1v) is 12.3. The van der Waals surface area contributed by atoms with Crippen LogP contribution in [-0.4, -0.2) is 45.9 Å². The van der Waals surface area contributed by atoms with E-state index >= 15 is 0 Å². The second kappa shape index (κ2) is 12.0. The van der Waals surface area contributed by atoms with Crippen molar-refractivity contribution in [3.8, 4) is 5.75 Å². The minimum atomic E-state index is -0.856. The zero-order valence-electron chi connectivity index (χ0n) is 21.2. The van der Waals surface area contributed by atoms with Crippen LogP contribution in [0.15, 0.2) is 54.9 Å². The fourth-order valence-corrected chi connectivity index (χ4v) is 4.38. The lowest BCUT2D eigenvalue weighted by atomic mass is 9.99. The third-order valence-corrected chi connectivity index (χ3v) is 6.37. The second-order valence-corrected chi connectivity index (χ2v) is 9.32. The van der Waals surface area contributed by atoms with E-state index in [1.165, 1.54) is 24.6 Å². The lowest BCUT2D eigenvalue weighted by Crippen LogP contribution is -2.21. The molecule has 0 saturated heterocycles. The molecule has 0 aliphatic rings. The highest BCUT2D eigenvalue weighted by Crippen LogP contribution is 2.27. The lowest BCUT2D eigenvalue weighted by molar-refractivity contribution is -0.123. The van der Waals surface area contributed by atoms with Gasteiger partial charge in [-0.15, -0.1) is 0 Å². The van der Waals surface area contributed by atoms with Crippen LogP contribution in [0.2, 0.25) is 0 Å². The molecule has 13 heteroatoms. The first kappa shape index (κ1) is 27.0. The van der Waals surface area contributed by atoms with Gasteiger partial charge in [-0.1, -0.05) is 35.1 Å². The summed E-state index contributed by atoms with van der Waals surface area (Å²) in [5, 5.41) is 8.80. The zero-order chi connectivity index (χ0) is 27.9. The van der Waals surface area contributed by atoms with Crippen molar-refractivity contribution in [2.24, 2.45) is 7.05 Å². The zero-order valence-corrected chi connectivity index (χ0v) is 22.0. The van der Waals surface area contributed by atoms with Crippen molar-refractivity contribution in [3.63, 3.8) is 0 Å². The maximum atomic E-state index is 13.3. The minimum absolute atomic E-state index is 0.0184. The van der Waals surface area contributed by atoms with Gasteiger partial charge in [0.2, 0.25) is 5.95 Å². The van der Waals surface area contributed by atoms with Crippen LogP contribution in [0.4, 0.5) is 21.6 Å². The number of carbonyl (C=O) groups excluding carboxylic acids is 4. The van der Waals surface area contributed by atoms with Gasteiger partial charge >= 0.3 is 18.5 Å². The Morgan fingerprint density at radius 1 is 1.10 bits per heavy atom. The molecule has 0 aliphatic heterocycles. The van der Waals surface area contributed by atoms with E-state index in [1.54, 1.807) is 60.3 Å². The first-order valence-electron chi connectivity index (χ1n) is 11.5. The van der Waals surface area contributed by atoms with Gasteiger partial charge in [-0.2, -0.15) is 0 Å². The molecule has 0 unspecified atom stereocenters. The van der Waals surface area contributed by atoms with Gasteiger partial charge < -0.3 is 24.7 Å². The topological polar surface area (TPSA) is 154 Å². The number of benzene rings is 2. The predicted molar refractivity (Wildman–Crippen MR) is 144 cm³/mol. The van der Waals surface area contributed by atoms with Crippen molar-refractivity contribution < 1.29 is 28.7 Å². The SMILES string of the molecule is COc1ccccc1C(=O)c1cc(C)ccc1NC(=O)Nc1ncc(CNc2nc(C(=O)OC=O)cn2C)s1. The van der Waals surface area contributed by atoms with Crippen LogP contribution in [0.25, 0.3) is 0 Å². The number of urea groups is 1. The van der Waals surface area contributed by atoms with Gasteiger partial charge in [0.15, 0.2) is 16.6 Å². The van der Waals surface area contributed by atoms with Crippen molar-refractivity contribution in [1.82, 2.24) is 14.5 Å². The number of hydrogen-bond donors (Lipinski definition) is 3. The molecule has 2 aromatic carbocycles. The fraction of sp³-hybridized carbons (Fsp3) is 0.154. The van der Waals surface area contributed by atoms with Crippen LogP contribution in [0.5, 0.6) is 5.75 Å². The third kappa shape index (κ3) is 6.45. The Balaban J connectivity index is 1.41. The molecule has 0 atom stereocenters. The summed E-state index contributed by atoms with van der Waals surface area (Å²) in [5.41, 5.74) is 1.88. The molecule has 200 valence electrons. The van der Waals surface area contributed by atoms with Crippen LogP contribution < -0.4 is 20.7 Å². The number of aryl methyl sites for hydroxylation is 2. The Bertz CT molecular complexity index is 1550. The van der Waals surface area contributed by atoms with Gasteiger partial charge in [0.05, 0.1) is 24.9 Å². The summed E-state index contributed by atoms with van der Waals surface area (Å²) >= 11 is 1.23. The quantitative estimate of drug-likeness (QED) is 0.115. The predicted octanol–water partition coefficient (Wildman–Crippen LogP) is 3.99. The van der Waals surface area contributed by atoms with E-state index in [0.29, 0.717) is 40.2 Å². The fourth-order valence-electron chi connectivity index (χ4n) is 3.63. The molecular formula is C26H24N6O6S. The van der Waals surface area contributed by atoms with Crippen LogP contribution >= 0.6 is 11.3 Å². The molecule has 0 spiro atoms. The molecule has 0 aliphatic carbocycles. The third-order valence-electron chi connectivity index (χ3n) is 5.45. The number of nitrogens with one attached hydrogen (secondary N) is 3. The number of rotatable bonds is 10. The number of imidazole rings is 1. The average molecular weight is 549 g/mol. The number of ether oxygens (including phenoxy) is 2. The van der Waals surface area contributed by atoms with Gasteiger partial charge in [0, 0.05) is 29.9 Å². The second-order valence-electron chi connectivity index (χ2n) is 8.21. The standard InChI is InChI=1S/C26H24N6O6S/c1-15-8-9-19(18(10-15)22(34)17-6-4-5-7-21(17)37-3)30-25(36)31-26-28-12-16(39-26)11-27-24-29-20(13-32(24)2)23(35)38-14-33/h4-10,12-14H,11H2,1-3H3,(H,27,29)(H2,28,30,31,36). The number of carbonyl (C=O) groups is 4. The molecule has 0 saturated carbocycles. The summed E-state index contributed by atoms with van der Waals surface area (Å²) < 4.78 is 11.2. The Kier molecular flexibility index (Phi) is 8.31. The first-order chi connectivity index (χ1) is 18.8. The van der Waals surface area contributed by atoms with E-state index in [-0.39, 0.29) is 17.9 Å². The van der Waals surface area contributed by atoms with E-state index < -0.39 is 12.0 Å². The van der Waals surface area contributed by atoms with Crippen LogP contribution in [0.1, 0.15) is 36.9 Å².